The molecule has 1 fully saturated rings. The lowest BCUT2D eigenvalue weighted by Gasteiger charge is -2.14. The minimum atomic E-state index is -0.296. The number of imide groups is 1. The second kappa shape index (κ2) is 5.21. The van der Waals surface area contributed by atoms with Crippen molar-refractivity contribution >= 4 is 11.9 Å². The Kier molecular flexibility index (Phi) is 3.65. The summed E-state index contributed by atoms with van der Waals surface area (Å²) in [5, 5.41) is 2.52. The Balaban J connectivity index is 2.12. The molecule has 18 heavy (non-hydrogen) atoms. The van der Waals surface area contributed by atoms with Crippen molar-refractivity contribution in [1.82, 2.24) is 10.2 Å². The zero-order chi connectivity index (χ0) is 13.1. The number of hydrogen-bond donors (Lipinski definition) is 1. The summed E-state index contributed by atoms with van der Waals surface area (Å²) in [5.41, 5.74) is 3.55. The summed E-state index contributed by atoms with van der Waals surface area (Å²) in [7, 11) is 0. The van der Waals surface area contributed by atoms with Crippen LogP contribution in [0.1, 0.15) is 30.0 Å². The van der Waals surface area contributed by atoms with Gasteiger partial charge in [-0.05, 0) is 30.0 Å². The first-order valence-corrected chi connectivity index (χ1v) is 6.28. The molecular weight excluding hydrogens is 228 g/mol. The third kappa shape index (κ3) is 2.53. The second-order valence-electron chi connectivity index (χ2n) is 4.65. The van der Waals surface area contributed by atoms with Crippen LogP contribution in [-0.4, -0.2) is 23.4 Å². The molecule has 0 radical (unpaired) electrons. The Labute approximate surface area is 107 Å². The van der Waals surface area contributed by atoms with Crippen molar-refractivity contribution in [3.05, 3.63) is 34.9 Å². The summed E-state index contributed by atoms with van der Waals surface area (Å²) in [6, 6.07) is 5.85. The summed E-state index contributed by atoms with van der Waals surface area (Å²) in [6.07, 6.45) is 2.18. The van der Waals surface area contributed by atoms with E-state index in [9.17, 15) is 9.59 Å². The summed E-state index contributed by atoms with van der Waals surface area (Å²) < 4.78 is 0. The zero-order valence-corrected chi connectivity index (χ0v) is 10.8. The normalized spacial score (nSPS) is 15.1. The van der Waals surface area contributed by atoms with E-state index in [1.165, 1.54) is 16.0 Å². The number of urea groups is 1. The first-order chi connectivity index (χ1) is 8.61. The van der Waals surface area contributed by atoms with E-state index in [0.29, 0.717) is 6.54 Å². The summed E-state index contributed by atoms with van der Waals surface area (Å²) in [5.74, 6) is -0.157. The van der Waals surface area contributed by atoms with E-state index in [1.54, 1.807) is 0 Å². The molecule has 1 aromatic carbocycles. The molecular formula is C14H18N2O2. The molecule has 1 heterocycles. The van der Waals surface area contributed by atoms with Crippen LogP contribution < -0.4 is 5.32 Å². The molecule has 4 nitrogen and oxygen atoms in total. The van der Waals surface area contributed by atoms with Crippen LogP contribution in [-0.2, 0) is 17.8 Å². The topological polar surface area (TPSA) is 49.4 Å². The fourth-order valence-corrected chi connectivity index (χ4v) is 2.20. The number of carbonyl (C=O) groups excluding carboxylic acids is 2. The number of nitrogens with one attached hydrogen (secondary N) is 1. The van der Waals surface area contributed by atoms with E-state index < -0.39 is 0 Å². The summed E-state index contributed by atoms with van der Waals surface area (Å²) in [4.78, 5) is 24.2. The maximum atomic E-state index is 11.5. The van der Waals surface area contributed by atoms with Crippen LogP contribution in [0, 0.1) is 6.92 Å². The van der Waals surface area contributed by atoms with E-state index in [1.807, 2.05) is 6.07 Å². The largest absolute Gasteiger partial charge is 0.329 e. The first kappa shape index (κ1) is 12.6. The minimum absolute atomic E-state index is 0.117. The molecule has 1 saturated heterocycles. The molecule has 1 N–H and O–H groups in total. The molecule has 0 unspecified atom stereocenters. The number of amides is 3. The maximum Gasteiger partial charge on any atom is 0.324 e. The second-order valence-corrected chi connectivity index (χ2v) is 4.65. The van der Waals surface area contributed by atoms with Crippen molar-refractivity contribution in [1.29, 1.82) is 0 Å². The lowest BCUT2D eigenvalue weighted by Crippen LogP contribution is -2.30. The molecule has 0 saturated carbocycles. The van der Waals surface area contributed by atoms with Gasteiger partial charge >= 0.3 is 6.03 Å². The fourth-order valence-electron chi connectivity index (χ4n) is 2.20. The molecule has 0 bridgehead atoms. The van der Waals surface area contributed by atoms with Gasteiger partial charge in [0, 0.05) is 0 Å². The van der Waals surface area contributed by atoms with Crippen LogP contribution in [0.4, 0.5) is 4.79 Å². The van der Waals surface area contributed by atoms with Gasteiger partial charge in [-0.25, -0.2) is 4.79 Å². The average molecular weight is 246 g/mol. The maximum absolute atomic E-state index is 11.5. The summed E-state index contributed by atoms with van der Waals surface area (Å²) >= 11 is 0. The van der Waals surface area contributed by atoms with Crippen molar-refractivity contribution in [2.75, 3.05) is 6.54 Å². The molecule has 96 valence electrons. The lowest BCUT2D eigenvalue weighted by molar-refractivity contribution is -0.125. The van der Waals surface area contributed by atoms with Gasteiger partial charge in [0.1, 0.15) is 0 Å². The van der Waals surface area contributed by atoms with Crippen molar-refractivity contribution < 1.29 is 9.59 Å². The Bertz CT molecular complexity index is 467. The average Bonchev–Trinajstić information content (AvgIpc) is 2.65. The van der Waals surface area contributed by atoms with Gasteiger partial charge < -0.3 is 5.32 Å². The molecule has 0 aliphatic carbocycles. The standard InChI is InChI=1S/C14H18N2O2/c1-3-4-12-6-5-11(7-10(12)2)9-16-13(17)8-15-14(16)18/h5-7H,3-4,8-9H2,1-2H3,(H,15,18). The van der Waals surface area contributed by atoms with E-state index in [4.69, 9.17) is 0 Å². The highest BCUT2D eigenvalue weighted by atomic mass is 16.2. The fraction of sp³-hybridized carbons (Fsp3) is 0.429. The minimum Gasteiger partial charge on any atom is -0.329 e. The highest BCUT2D eigenvalue weighted by Crippen LogP contribution is 2.15. The van der Waals surface area contributed by atoms with Gasteiger partial charge in [-0.15, -0.1) is 0 Å². The number of nitrogens with zero attached hydrogens (tertiary/aromatic N) is 1. The van der Waals surface area contributed by atoms with E-state index in [2.05, 4.69) is 31.3 Å². The molecule has 1 aliphatic rings. The first-order valence-electron chi connectivity index (χ1n) is 6.28. The van der Waals surface area contributed by atoms with Gasteiger partial charge in [0.05, 0.1) is 13.1 Å². The van der Waals surface area contributed by atoms with Crippen LogP contribution in [0.3, 0.4) is 0 Å². The molecule has 0 spiro atoms. The van der Waals surface area contributed by atoms with Crippen LogP contribution in [0.15, 0.2) is 18.2 Å². The van der Waals surface area contributed by atoms with E-state index in [0.717, 1.165) is 18.4 Å². The van der Waals surface area contributed by atoms with E-state index in [-0.39, 0.29) is 18.5 Å². The summed E-state index contributed by atoms with van der Waals surface area (Å²) in [6.45, 7) is 4.70. The molecule has 2 rings (SSSR count). The predicted molar refractivity (Wildman–Crippen MR) is 69.1 cm³/mol. The lowest BCUT2D eigenvalue weighted by atomic mass is 10.0. The third-order valence-electron chi connectivity index (χ3n) is 3.20. The Morgan fingerprint density at radius 2 is 2.11 bits per heavy atom. The number of aryl methyl sites for hydroxylation is 2. The van der Waals surface area contributed by atoms with Gasteiger partial charge in [0.2, 0.25) is 5.91 Å². The molecule has 1 aromatic rings. The van der Waals surface area contributed by atoms with Crippen LogP contribution in [0.5, 0.6) is 0 Å². The van der Waals surface area contributed by atoms with Crippen molar-refractivity contribution in [2.24, 2.45) is 0 Å². The van der Waals surface area contributed by atoms with E-state index >= 15 is 0 Å². The SMILES string of the molecule is CCCc1ccc(CN2C(=O)CNC2=O)cc1C. The monoisotopic (exact) mass is 246 g/mol. The predicted octanol–water partition coefficient (Wildman–Crippen LogP) is 2.00. The molecule has 4 heteroatoms. The van der Waals surface area contributed by atoms with Gasteiger partial charge in [-0.3, -0.25) is 9.69 Å². The Morgan fingerprint density at radius 3 is 2.67 bits per heavy atom. The molecule has 1 aliphatic heterocycles. The Hall–Kier alpha value is -1.84. The van der Waals surface area contributed by atoms with Crippen LogP contribution in [0.2, 0.25) is 0 Å². The number of hydrogen-bond acceptors (Lipinski definition) is 2. The highest BCUT2D eigenvalue weighted by Gasteiger charge is 2.28. The number of carbonyl (C=O) groups is 2. The molecule has 0 aromatic heterocycles. The van der Waals surface area contributed by atoms with Crippen molar-refractivity contribution in [3.63, 3.8) is 0 Å². The number of benzene rings is 1. The van der Waals surface area contributed by atoms with Crippen LogP contribution >= 0.6 is 0 Å². The zero-order valence-electron chi connectivity index (χ0n) is 10.8. The van der Waals surface area contributed by atoms with Gasteiger partial charge in [0.25, 0.3) is 0 Å². The van der Waals surface area contributed by atoms with Crippen molar-refractivity contribution in [3.8, 4) is 0 Å². The molecule has 0 atom stereocenters. The molecule has 3 amide bonds. The number of rotatable bonds is 4. The van der Waals surface area contributed by atoms with Gasteiger partial charge in [0.15, 0.2) is 0 Å². The van der Waals surface area contributed by atoms with Crippen molar-refractivity contribution in [2.45, 2.75) is 33.2 Å². The highest BCUT2D eigenvalue weighted by molar-refractivity contribution is 6.01. The van der Waals surface area contributed by atoms with Gasteiger partial charge in [-0.1, -0.05) is 31.5 Å². The quantitative estimate of drug-likeness (QED) is 0.826. The smallest absolute Gasteiger partial charge is 0.324 e. The Morgan fingerprint density at radius 1 is 1.33 bits per heavy atom. The third-order valence-corrected chi connectivity index (χ3v) is 3.20. The van der Waals surface area contributed by atoms with Gasteiger partial charge in [-0.2, -0.15) is 0 Å². The van der Waals surface area contributed by atoms with Crippen LogP contribution in [0.25, 0.3) is 0 Å².